The molecule has 0 saturated carbocycles. The van der Waals surface area contributed by atoms with Crippen molar-refractivity contribution in [3.05, 3.63) is 36.3 Å². The van der Waals surface area contributed by atoms with Crippen molar-refractivity contribution < 1.29 is 37.9 Å². The molecule has 0 aromatic carbocycles. The lowest BCUT2D eigenvalue weighted by Gasteiger charge is -2.32. The Morgan fingerprint density at radius 2 is 1.86 bits per heavy atom. The molecule has 1 aliphatic heterocycles. The van der Waals surface area contributed by atoms with Crippen LogP contribution in [0.3, 0.4) is 0 Å². The molecule has 6 amide bonds. The third kappa shape index (κ3) is 13.1. The van der Waals surface area contributed by atoms with Gasteiger partial charge in [0.25, 0.3) is 0 Å². The Morgan fingerprint density at radius 3 is 2.53 bits per heavy atom. The number of ether oxygens (including phenoxy) is 1. The summed E-state index contributed by atoms with van der Waals surface area (Å²) in [5.41, 5.74) is 5.34. The Morgan fingerprint density at radius 1 is 1.07 bits per heavy atom. The van der Waals surface area contributed by atoms with Gasteiger partial charge in [-0.05, 0) is 31.4 Å². The standard InChI is InChI=1S/C28H43N7O8/c1-19(36)33-22(28(41)32-12-16-42-15-10-29)9-11-31-24(37)7-8-25(38)35-13-3-5-20(18-35)26(39)34-23(27(40)30-2)17-21-6-4-14-43-21/h4,6-8,14,20,22-23H,3,5,9-13,15-18,29H2,1-2H3,(H,30,40)(H,31,37)(H,32,41)(H,33,36)(H,34,39)/b8-7+/t20-,22+,23+/m1/s1. The second-order valence-corrected chi connectivity index (χ2v) is 9.94. The van der Waals surface area contributed by atoms with Crippen molar-refractivity contribution in [3.63, 3.8) is 0 Å². The lowest BCUT2D eigenvalue weighted by atomic mass is 9.96. The Labute approximate surface area is 250 Å². The van der Waals surface area contributed by atoms with Crippen molar-refractivity contribution in [2.45, 2.75) is 44.7 Å². The van der Waals surface area contributed by atoms with E-state index in [1.807, 2.05) is 0 Å². The quantitative estimate of drug-likeness (QED) is 0.0850. The molecule has 0 aliphatic carbocycles. The minimum atomic E-state index is -0.864. The minimum Gasteiger partial charge on any atom is -0.469 e. The summed E-state index contributed by atoms with van der Waals surface area (Å²) in [5.74, 6) is -2.48. The molecule has 0 bridgehead atoms. The van der Waals surface area contributed by atoms with Gasteiger partial charge in [0.05, 0.1) is 25.4 Å². The molecule has 15 nitrogen and oxygen atoms in total. The highest BCUT2D eigenvalue weighted by Gasteiger charge is 2.31. The van der Waals surface area contributed by atoms with Crippen molar-refractivity contribution in [2.24, 2.45) is 11.7 Å². The van der Waals surface area contributed by atoms with Crippen LogP contribution < -0.4 is 32.3 Å². The van der Waals surface area contributed by atoms with Crippen molar-refractivity contribution in [1.29, 1.82) is 0 Å². The monoisotopic (exact) mass is 605 g/mol. The van der Waals surface area contributed by atoms with E-state index in [1.165, 1.54) is 25.1 Å². The summed E-state index contributed by atoms with van der Waals surface area (Å²) in [6.07, 6.45) is 5.14. The molecule has 2 rings (SSSR count). The first kappa shape index (κ1) is 35.0. The van der Waals surface area contributed by atoms with Crippen LogP contribution in [-0.2, 0) is 39.9 Å². The number of piperidine rings is 1. The first-order valence-corrected chi connectivity index (χ1v) is 14.3. The lowest BCUT2D eigenvalue weighted by Crippen LogP contribution is -2.51. The van der Waals surface area contributed by atoms with Gasteiger partial charge in [0.1, 0.15) is 17.8 Å². The molecule has 238 valence electrons. The van der Waals surface area contributed by atoms with E-state index < -0.39 is 41.6 Å². The first-order chi connectivity index (χ1) is 20.6. The summed E-state index contributed by atoms with van der Waals surface area (Å²) in [5, 5.41) is 13.1. The highest BCUT2D eigenvalue weighted by molar-refractivity contribution is 5.97. The summed E-state index contributed by atoms with van der Waals surface area (Å²) in [7, 11) is 1.48. The third-order valence-corrected chi connectivity index (χ3v) is 6.58. The van der Waals surface area contributed by atoms with Crippen LogP contribution in [0.1, 0.15) is 31.9 Å². The number of nitrogens with zero attached hydrogens (tertiary/aromatic N) is 1. The fraction of sp³-hybridized carbons (Fsp3) is 0.571. The van der Waals surface area contributed by atoms with Gasteiger partial charge in [-0.1, -0.05) is 0 Å². The number of rotatable bonds is 17. The fourth-order valence-corrected chi connectivity index (χ4v) is 4.41. The number of likely N-dealkylation sites (tertiary alicyclic amines) is 1. The molecule has 43 heavy (non-hydrogen) atoms. The molecule has 0 unspecified atom stereocenters. The second-order valence-electron chi connectivity index (χ2n) is 9.94. The molecule has 1 fully saturated rings. The highest BCUT2D eigenvalue weighted by Crippen LogP contribution is 2.18. The second kappa shape index (κ2) is 19.0. The number of nitrogens with two attached hydrogens (primary N) is 1. The van der Waals surface area contributed by atoms with Gasteiger partial charge in [0.15, 0.2) is 0 Å². The number of likely N-dealkylation sites (N-methyl/N-ethyl adjacent to an activating group) is 1. The van der Waals surface area contributed by atoms with Gasteiger partial charge in [-0.15, -0.1) is 0 Å². The smallest absolute Gasteiger partial charge is 0.246 e. The molecule has 1 aromatic heterocycles. The topological polar surface area (TPSA) is 214 Å². The van der Waals surface area contributed by atoms with Crippen LogP contribution in [0.25, 0.3) is 0 Å². The van der Waals surface area contributed by atoms with Gasteiger partial charge in [0.2, 0.25) is 35.4 Å². The van der Waals surface area contributed by atoms with E-state index in [9.17, 15) is 28.8 Å². The van der Waals surface area contributed by atoms with E-state index in [4.69, 9.17) is 14.9 Å². The molecule has 1 aromatic rings. The Bertz CT molecular complexity index is 1110. The zero-order valence-corrected chi connectivity index (χ0v) is 24.7. The Kier molecular flexibility index (Phi) is 15.5. The molecule has 1 aliphatic rings. The average molecular weight is 606 g/mol. The third-order valence-electron chi connectivity index (χ3n) is 6.58. The molecular formula is C28H43N7O8. The number of hydrogen-bond acceptors (Lipinski definition) is 9. The molecule has 3 atom stereocenters. The number of furan rings is 1. The first-order valence-electron chi connectivity index (χ1n) is 14.3. The van der Waals surface area contributed by atoms with E-state index in [0.717, 1.165) is 12.2 Å². The largest absolute Gasteiger partial charge is 0.469 e. The van der Waals surface area contributed by atoms with Crippen LogP contribution in [0.4, 0.5) is 0 Å². The summed E-state index contributed by atoms with van der Waals surface area (Å²) in [6, 6.07) is 1.72. The SMILES string of the molecule is CNC(=O)[C@H](Cc1ccco1)NC(=O)[C@@H]1CCCN(C(=O)/C=C/C(=O)NCC[C@H](NC(C)=O)C(=O)NCCOCCN)C1. The maximum atomic E-state index is 13.0. The summed E-state index contributed by atoms with van der Waals surface area (Å²) >= 11 is 0. The summed E-state index contributed by atoms with van der Waals surface area (Å²) in [4.78, 5) is 75.7. The highest BCUT2D eigenvalue weighted by atomic mass is 16.5. The van der Waals surface area contributed by atoms with Crippen LogP contribution in [0.2, 0.25) is 0 Å². The molecule has 7 N–H and O–H groups in total. The molecule has 1 saturated heterocycles. The predicted octanol–water partition coefficient (Wildman–Crippen LogP) is -2.05. The van der Waals surface area contributed by atoms with E-state index in [-0.39, 0.29) is 50.9 Å². The predicted molar refractivity (Wildman–Crippen MR) is 155 cm³/mol. The Hall–Kier alpha value is -4.24. The van der Waals surface area contributed by atoms with Crippen LogP contribution in [0, 0.1) is 5.92 Å². The summed E-state index contributed by atoms with van der Waals surface area (Å²) < 4.78 is 10.5. The van der Waals surface area contributed by atoms with Gasteiger partial charge in [0, 0.05) is 65.3 Å². The number of amides is 6. The van der Waals surface area contributed by atoms with Crippen LogP contribution in [0.15, 0.2) is 35.0 Å². The van der Waals surface area contributed by atoms with E-state index in [1.54, 1.807) is 12.1 Å². The number of carbonyl (C=O) groups excluding carboxylic acids is 6. The van der Waals surface area contributed by atoms with Crippen LogP contribution in [0.5, 0.6) is 0 Å². The fourth-order valence-electron chi connectivity index (χ4n) is 4.41. The zero-order valence-electron chi connectivity index (χ0n) is 24.7. The zero-order chi connectivity index (χ0) is 31.6. The average Bonchev–Trinajstić information content (AvgIpc) is 3.51. The van der Waals surface area contributed by atoms with Gasteiger partial charge < -0.3 is 46.4 Å². The molecule has 0 spiro atoms. The van der Waals surface area contributed by atoms with Gasteiger partial charge in [-0.3, -0.25) is 28.8 Å². The maximum absolute atomic E-state index is 13.0. The lowest BCUT2D eigenvalue weighted by molar-refractivity contribution is -0.135. The number of carbonyl (C=O) groups is 6. The van der Waals surface area contributed by atoms with E-state index in [0.29, 0.717) is 38.3 Å². The molecule has 15 heteroatoms. The van der Waals surface area contributed by atoms with E-state index >= 15 is 0 Å². The van der Waals surface area contributed by atoms with E-state index in [2.05, 4.69) is 26.6 Å². The van der Waals surface area contributed by atoms with Crippen LogP contribution in [-0.4, -0.2) is 105 Å². The van der Waals surface area contributed by atoms with Crippen molar-refractivity contribution in [3.8, 4) is 0 Å². The number of nitrogens with one attached hydrogen (secondary N) is 5. The normalized spacial score (nSPS) is 16.2. The van der Waals surface area contributed by atoms with Gasteiger partial charge in [-0.25, -0.2) is 0 Å². The maximum Gasteiger partial charge on any atom is 0.246 e. The van der Waals surface area contributed by atoms with Crippen molar-refractivity contribution >= 4 is 35.4 Å². The molecular weight excluding hydrogens is 562 g/mol. The van der Waals surface area contributed by atoms with Gasteiger partial charge in [-0.2, -0.15) is 0 Å². The Balaban J connectivity index is 1.82. The molecule has 0 radical (unpaired) electrons. The van der Waals surface area contributed by atoms with Crippen molar-refractivity contribution in [2.75, 3.05) is 53.0 Å². The van der Waals surface area contributed by atoms with Crippen LogP contribution >= 0.6 is 0 Å². The van der Waals surface area contributed by atoms with Gasteiger partial charge >= 0.3 is 0 Å². The minimum absolute atomic E-state index is 0.0654. The molecule has 2 heterocycles. The number of hydrogen-bond donors (Lipinski definition) is 6. The summed E-state index contributed by atoms with van der Waals surface area (Å²) in [6.45, 7) is 3.16. The van der Waals surface area contributed by atoms with Crippen molar-refractivity contribution in [1.82, 2.24) is 31.5 Å².